The number of benzene rings is 1. The second-order valence-electron chi connectivity index (χ2n) is 4.94. The molecule has 1 fully saturated rings. The molecule has 0 radical (unpaired) electrons. The first-order chi connectivity index (χ1) is 7.56. The summed E-state index contributed by atoms with van der Waals surface area (Å²) in [5.41, 5.74) is 0.613. The van der Waals surface area contributed by atoms with Crippen LogP contribution in [0.2, 0.25) is 0 Å². The van der Waals surface area contributed by atoms with Crippen molar-refractivity contribution in [3.8, 4) is 0 Å². The Morgan fingerprint density at radius 3 is 2.69 bits per heavy atom. The highest BCUT2D eigenvalue weighted by molar-refractivity contribution is 9.10. The number of rotatable bonds is 3. The Hall–Kier alpha value is -0.570. The number of hydrogen-bond donors (Lipinski definition) is 1. The zero-order valence-electron chi connectivity index (χ0n) is 9.63. The standard InChI is InChI=1S/C13H17BrFN/c1-8(2)9-5-11(6-9)16-13-7-10(14)3-4-12(13)15/h3-4,7-9,11,16H,5-6H2,1-2H3. The molecule has 1 aromatic rings. The molecule has 3 heteroatoms. The van der Waals surface area contributed by atoms with Crippen LogP contribution in [-0.2, 0) is 0 Å². The molecule has 0 aliphatic heterocycles. The highest BCUT2D eigenvalue weighted by Gasteiger charge is 2.31. The zero-order chi connectivity index (χ0) is 11.7. The van der Waals surface area contributed by atoms with Crippen molar-refractivity contribution in [2.75, 3.05) is 5.32 Å². The first kappa shape index (κ1) is 11.9. The lowest BCUT2D eigenvalue weighted by atomic mass is 9.73. The van der Waals surface area contributed by atoms with Crippen LogP contribution in [0, 0.1) is 17.7 Å². The second kappa shape index (κ2) is 4.74. The molecule has 0 spiro atoms. The fraction of sp³-hybridized carbons (Fsp3) is 0.538. The van der Waals surface area contributed by atoms with Gasteiger partial charge in [0.1, 0.15) is 5.82 Å². The molecule has 0 bridgehead atoms. The van der Waals surface area contributed by atoms with Crippen LogP contribution in [0.5, 0.6) is 0 Å². The summed E-state index contributed by atoms with van der Waals surface area (Å²) >= 11 is 3.35. The van der Waals surface area contributed by atoms with Crippen molar-refractivity contribution in [1.82, 2.24) is 0 Å². The summed E-state index contributed by atoms with van der Waals surface area (Å²) in [5, 5.41) is 3.27. The fourth-order valence-electron chi connectivity index (χ4n) is 2.15. The van der Waals surface area contributed by atoms with Crippen molar-refractivity contribution in [1.29, 1.82) is 0 Å². The van der Waals surface area contributed by atoms with Gasteiger partial charge in [0, 0.05) is 10.5 Å². The Morgan fingerprint density at radius 2 is 2.06 bits per heavy atom. The van der Waals surface area contributed by atoms with Gasteiger partial charge in [0.2, 0.25) is 0 Å². The Labute approximate surface area is 105 Å². The van der Waals surface area contributed by atoms with Gasteiger partial charge in [-0.2, -0.15) is 0 Å². The van der Waals surface area contributed by atoms with E-state index in [2.05, 4.69) is 35.1 Å². The lowest BCUT2D eigenvalue weighted by Crippen LogP contribution is -2.38. The van der Waals surface area contributed by atoms with E-state index < -0.39 is 0 Å². The molecule has 2 rings (SSSR count). The maximum Gasteiger partial charge on any atom is 0.146 e. The smallest absolute Gasteiger partial charge is 0.146 e. The van der Waals surface area contributed by atoms with E-state index in [0.717, 1.165) is 29.2 Å². The third-order valence-electron chi connectivity index (χ3n) is 3.41. The molecule has 1 N–H and O–H groups in total. The molecule has 0 heterocycles. The zero-order valence-corrected chi connectivity index (χ0v) is 11.2. The monoisotopic (exact) mass is 285 g/mol. The summed E-state index contributed by atoms with van der Waals surface area (Å²) in [7, 11) is 0. The van der Waals surface area contributed by atoms with Gasteiger partial charge in [0.25, 0.3) is 0 Å². The number of hydrogen-bond acceptors (Lipinski definition) is 1. The molecule has 0 saturated heterocycles. The van der Waals surface area contributed by atoms with Crippen molar-refractivity contribution in [2.45, 2.75) is 32.7 Å². The van der Waals surface area contributed by atoms with E-state index >= 15 is 0 Å². The molecule has 1 nitrogen and oxygen atoms in total. The van der Waals surface area contributed by atoms with Gasteiger partial charge in [-0.25, -0.2) is 4.39 Å². The maximum atomic E-state index is 13.5. The summed E-state index contributed by atoms with van der Waals surface area (Å²) in [5.74, 6) is 1.37. The minimum absolute atomic E-state index is 0.170. The highest BCUT2D eigenvalue weighted by Crippen LogP contribution is 2.36. The molecule has 0 atom stereocenters. The molecule has 0 unspecified atom stereocenters. The quantitative estimate of drug-likeness (QED) is 0.866. The summed E-state index contributed by atoms with van der Waals surface area (Å²) in [6.07, 6.45) is 2.31. The molecule has 0 amide bonds. The van der Waals surface area contributed by atoms with Gasteiger partial charge in [0.05, 0.1) is 5.69 Å². The van der Waals surface area contributed by atoms with E-state index in [1.165, 1.54) is 6.07 Å². The average molecular weight is 286 g/mol. The van der Waals surface area contributed by atoms with Crippen molar-refractivity contribution in [3.63, 3.8) is 0 Å². The Morgan fingerprint density at radius 1 is 1.38 bits per heavy atom. The summed E-state index contributed by atoms with van der Waals surface area (Å²) in [4.78, 5) is 0. The van der Waals surface area contributed by atoms with Crippen LogP contribution in [0.25, 0.3) is 0 Å². The van der Waals surface area contributed by atoms with Gasteiger partial charge in [-0.05, 0) is 42.9 Å². The lowest BCUT2D eigenvalue weighted by Gasteiger charge is -2.39. The number of nitrogens with one attached hydrogen (secondary N) is 1. The van der Waals surface area contributed by atoms with Crippen LogP contribution in [0.4, 0.5) is 10.1 Å². The molecule has 0 aromatic heterocycles. The third-order valence-corrected chi connectivity index (χ3v) is 3.90. The van der Waals surface area contributed by atoms with Crippen molar-refractivity contribution >= 4 is 21.6 Å². The van der Waals surface area contributed by atoms with Gasteiger partial charge in [-0.15, -0.1) is 0 Å². The molecule has 88 valence electrons. The first-order valence-corrected chi connectivity index (χ1v) is 6.57. The van der Waals surface area contributed by atoms with E-state index in [4.69, 9.17) is 0 Å². The van der Waals surface area contributed by atoms with Crippen LogP contribution in [0.15, 0.2) is 22.7 Å². The topological polar surface area (TPSA) is 12.0 Å². The van der Waals surface area contributed by atoms with E-state index in [1.54, 1.807) is 12.1 Å². The van der Waals surface area contributed by atoms with Crippen LogP contribution in [0.3, 0.4) is 0 Å². The highest BCUT2D eigenvalue weighted by atomic mass is 79.9. The largest absolute Gasteiger partial charge is 0.380 e. The summed E-state index contributed by atoms with van der Waals surface area (Å²) in [6.45, 7) is 4.50. The van der Waals surface area contributed by atoms with Gasteiger partial charge in [-0.1, -0.05) is 29.8 Å². The Balaban J connectivity index is 1.94. The second-order valence-corrected chi connectivity index (χ2v) is 5.86. The predicted molar refractivity (Wildman–Crippen MR) is 69.1 cm³/mol. The predicted octanol–water partition coefficient (Wildman–Crippen LogP) is 4.43. The summed E-state index contributed by atoms with van der Waals surface area (Å²) < 4.78 is 14.4. The molecular formula is C13H17BrFN. The molecule has 1 aliphatic rings. The van der Waals surface area contributed by atoms with Gasteiger partial charge >= 0.3 is 0 Å². The van der Waals surface area contributed by atoms with Crippen LogP contribution in [0.1, 0.15) is 26.7 Å². The van der Waals surface area contributed by atoms with Crippen LogP contribution < -0.4 is 5.32 Å². The van der Waals surface area contributed by atoms with Crippen LogP contribution in [-0.4, -0.2) is 6.04 Å². The Kier molecular flexibility index (Phi) is 3.53. The normalized spacial score (nSPS) is 24.3. The molecular weight excluding hydrogens is 269 g/mol. The van der Waals surface area contributed by atoms with Gasteiger partial charge < -0.3 is 5.32 Å². The van der Waals surface area contributed by atoms with E-state index in [9.17, 15) is 4.39 Å². The third kappa shape index (κ3) is 2.57. The first-order valence-electron chi connectivity index (χ1n) is 5.78. The Bertz CT molecular complexity index is 372. The number of halogens is 2. The van der Waals surface area contributed by atoms with E-state index in [1.807, 2.05) is 0 Å². The fourth-order valence-corrected chi connectivity index (χ4v) is 2.51. The van der Waals surface area contributed by atoms with Crippen molar-refractivity contribution < 1.29 is 4.39 Å². The summed E-state index contributed by atoms with van der Waals surface area (Å²) in [6, 6.07) is 5.46. The van der Waals surface area contributed by atoms with E-state index in [-0.39, 0.29) is 5.82 Å². The lowest BCUT2D eigenvalue weighted by molar-refractivity contribution is 0.211. The molecule has 16 heavy (non-hydrogen) atoms. The SMILES string of the molecule is CC(C)C1CC(Nc2cc(Br)ccc2F)C1. The van der Waals surface area contributed by atoms with Gasteiger partial charge in [-0.3, -0.25) is 0 Å². The van der Waals surface area contributed by atoms with Crippen molar-refractivity contribution in [2.24, 2.45) is 11.8 Å². The van der Waals surface area contributed by atoms with Crippen molar-refractivity contribution in [3.05, 3.63) is 28.5 Å². The number of anilines is 1. The minimum Gasteiger partial charge on any atom is -0.380 e. The minimum atomic E-state index is -0.170. The molecule has 1 aliphatic carbocycles. The van der Waals surface area contributed by atoms with Gasteiger partial charge in [0.15, 0.2) is 0 Å². The molecule has 1 saturated carbocycles. The van der Waals surface area contributed by atoms with E-state index in [0.29, 0.717) is 11.7 Å². The molecule has 1 aromatic carbocycles. The maximum absolute atomic E-state index is 13.5. The average Bonchev–Trinajstić information content (AvgIpc) is 2.15. The van der Waals surface area contributed by atoms with Crippen LogP contribution >= 0.6 is 15.9 Å².